The molecule has 0 aromatic heterocycles. The molecule has 0 unspecified atom stereocenters. The highest BCUT2D eigenvalue weighted by Crippen LogP contribution is 2.13. The van der Waals surface area contributed by atoms with E-state index < -0.39 is 0 Å². The van der Waals surface area contributed by atoms with Crippen LogP contribution in [0.5, 0.6) is 0 Å². The minimum atomic E-state index is -0.267. The predicted molar refractivity (Wildman–Crippen MR) is 81.4 cm³/mol. The minimum Gasteiger partial charge on any atom is -0.393 e. The van der Waals surface area contributed by atoms with E-state index in [-0.39, 0.29) is 18.5 Å². The molecule has 5 nitrogen and oxygen atoms in total. The van der Waals surface area contributed by atoms with Gasteiger partial charge in [-0.25, -0.2) is 0 Å². The van der Waals surface area contributed by atoms with Gasteiger partial charge in [0.25, 0.3) is 0 Å². The Balaban J connectivity index is 2.46. The van der Waals surface area contributed by atoms with Crippen LogP contribution in [0.3, 0.4) is 0 Å². The average molecular weight is 287 g/mol. The number of ether oxygens (including phenoxy) is 1. The summed E-state index contributed by atoms with van der Waals surface area (Å²) >= 11 is 4.35. The normalized spacial score (nSPS) is 24.4. The summed E-state index contributed by atoms with van der Waals surface area (Å²) in [6.45, 7) is 4.48. The van der Waals surface area contributed by atoms with Crippen LogP contribution in [0.25, 0.3) is 0 Å². The Labute approximate surface area is 121 Å². The van der Waals surface area contributed by atoms with Crippen molar-refractivity contribution in [2.45, 2.75) is 45.2 Å². The smallest absolute Gasteiger partial charge is 0.140 e. The second kappa shape index (κ2) is 8.45. The van der Waals surface area contributed by atoms with Gasteiger partial charge in [-0.05, 0) is 32.8 Å². The van der Waals surface area contributed by atoms with E-state index in [1.165, 1.54) is 0 Å². The van der Waals surface area contributed by atoms with Gasteiger partial charge in [-0.15, -0.1) is 0 Å². The highest BCUT2D eigenvalue weighted by Gasteiger charge is 2.23. The van der Waals surface area contributed by atoms with Gasteiger partial charge in [0, 0.05) is 25.6 Å². The number of nitrogens with one attached hydrogen (secondary N) is 1. The first kappa shape index (κ1) is 16.3. The lowest BCUT2D eigenvalue weighted by atomic mass is 10.2. The maximum Gasteiger partial charge on any atom is 0.140 e. The van der Waals surface area contributed by atoms with Crippen molar-refractivity contribution in [1.29, 1.82) is 0 Å². The summed E-state index contributed by atoms with van der Waals surface area (Å²) in [6, 6.07) is 0. The number of aliphatic imine (C=N–C) groups is 1. The lowest BCUT2D eigenvalue weighted by Crippen LogP contribution is -2.52. The van der Waals surface area contributed by atoms with E-state index >= 15 is 0 Å². The summed E-state index contributed by atoms with van der Waals surface area (Å²) in [6.07, 6.45) is 5.30. The van der Waals surface area contributed by atoms with Crippen LogP contribution in [0.15, 0.2) is 17.3 Å². The molecule has 0 aromatic rings. The maximum atomic E-state index is 9.21. The van der Waals surface area contributed by atoms with Gasteiger partial charge in [0.15, 0.2) is 0 Å². The molecule has 1 aliphatic rings. The maximum absolute atomic E-state index is 9.21. The van der Waals surface area contributed by atoms with Crippen molar-refractivity contribution >= 4 is 18.5 Å². The fraction of sp³-hybridized carbons (Fsp3) is 0.769. The summed E-state index contributed by atoms with van der Waals surface area (Å²) in [5.74, 6) is 1.49. The number of rotatable bonds is 7. The first-order valence-corrected chi connectivity index (χ1v) is 7.31. The number of nitrogens with zero attached hydrogens (tertiary/aromatic N) is 2. The van der Waals surface area contributed by atoms with Crippen molar-refractivity contribution in [1.82, 2.24) is 10.2 Å². The zero-order valence-corrected chi connectivity index (χ0v) is 12.8. The van der Waals surface area contributed by atoms with Crippen molar-refractivity contribution < 1.29 is 9.84 Å². The molecule has 110 valence electrons. The summed E-state index contributed by atoms with van der Waals surface area (Å²) in [4.78, 5) is 6.20. The Hall–Kier alpha value is -0.720. The summed E-state index contributed by atoms with van der Waals surface area (Å²) in [5, 5.41) is 12.5. The molecule has 19 heavy (non-hydrogen) atoms. The number of hydrogen-bond donors (Lipinski definition) is 3. The van der Waals surface area contributed by atoms with E-state index in [0.717, 1.165) is 18.7 Å². The topological polar surface area (TPSA) is 57.1 Å². The molecule has 0 spiro atoms. The molecule has 0 fully saturated rings. The van der Waals surface area contributed by atoms with Crippen molar-refractivity contribution in [3.05, 3.63) is 12.3 Å². The number of hydrogen-bond acceptors (Lipinski definition) is 5. The van der Waals surface area contributed by atoms with Gasteiger partial charge in [0.2, 0.25) is 0 Å². The molecule has 1 aliphatic heterocycles. The average Bonchev–Trinajstić information content (AvgIpc) is 2.39. The fourth-order valence-electron chi connectivity index (χ4n) is 1.94. The molecule has 0 aromatic carbocycles. The van der Waals surface area contributed by atoms with Crippen molar-refractivity contribution in [2.75, 3.05) is 19.4 Å². The number of amidine groups is 1. The van der Waals surface area contributed by atoms with Gasteiger partial charge in [-0.3, -0.25) is 4.99 Å². The molecule has 0 saturated carbocycles. The van der Waals surface area contributed by atoms with E-state index in [1.54, 1.807) is 14.0 Å². The second-order valence-electron chi connectivity index (χ2n) is 4.69. The highest BCUT2D eigenvalue weighted by molar-refractivity contribution is 7.80. The van der Waals surface area contributed by atoms with E-state index in [2.05, 4.69) is 34.8 Å². The van der Waals surface area contributed by atoms with Crippen LogP contribution >= 0.6 is 12.6 Å². The molecule has 0 saturated heterocycles. The Morgan fingerprint density at radius 3 is 2.89 bits per heavy atom. The standard InChI is InChI=1S/C13H25N3O2S/c1-10(17)5-4-8-18-13(9-19)16-7-6-12(14-3)15-11(16)2/h6-7,10-11,13,17,19H,4-5,8-9H2,1-3H3,(H,14,15)/t10-,11-,13-/m0/s1. The van der Waals surface area contributed by atoms with Crippen LogP contribution in [0.1, 0.15) is 26.7 Å². The molecule has 1 rings (SSSR count). The summed E-state index contributed by atoms with van der Waals surface area (Å²) in [7, 11) is 1.76. The van der Waals surface area contributed by atoms with E-state index in [4.69, 9.17) is 4.74 Å². The van der Waals surface area contributed by atoms with E-state index in [1.807, 2.05) is 12.3 Å². The van der Waals surface area contributed by atoms with E-state index in [0.29, 0.717) is 12.4 Å². The molecule has 1 heterocycles. The van der Waals surface area contributed by atoms with Crippen LogP contribution in [0, 0.1) is 0 Å². The molecular formula is C13H25N3O2S. The summed E-state index contributed by atoms with van der Waals surface area (Å²) in [5.41, 5.74) is 0. The van der Waals surface area contributed by atoms with Gasteiger partial charge in [0.1, 0.15) is 12.1 Å². The van der Waals surface area contributed by atoms with Crippen LogP contribution in [0.4, 0.5) is 0 Å². The molecule has 2 N–H and O–H groups in total. The van der Waals surface area contributed by atoms with Crippen LogP contribution in [-0.2, 0) is 4.74 Å². The first-order valence-electron chi connectivity index (χ1n) is 6.68. The van der Waals surface area contributed by atoms with Gasteiger partial charge >= 0.3 is 0 Å². The fourth-order valence-corrected chi connectivity index (χ4v) is 2.23. The first-order chi connectivity index (χ1) is 9.08. The Morgan fingerprint density at radius 1 is 1.63 bits per heavy atom. The zero-order valence-electron chi connectivity index (χ0n) is 11.9. The second-order valence-corrected chi connectivity index (χ2v) is 5.06. The van der Waals surface area contributed by atoms with Crippen molar-refractivity contribution in [3.8, 4) is 0 Å². The van der Waals surface area contributed by atoms with Crippen LogP contribution in [-0.4, -0.2) is 53.7 Å². The van der Waals surface area contributed by atoms with Crippen molar-refractivity contribution in [2.24, 2.45) is 4.99 Å². The molecule has 0 radical (unpaired) electrons. The van der Waals surface area contributed by atoms with Gasteiger partial charge in [-0.2, -0.15) is 12.6 Å². The van der Waals surface area contributed by atoms with Crippen LogP contribution < -0.4 is 5.32 Å². The lowest BCUT2D eigenvalue weighted by Gasteiger charge is -2.37. The largest absolute Gasteiger partial charge is 0.393 e. The zero-order chi connectivity index (χ0) is 14.3. The molecule has 0 bridgehead atoms. The molecule has 6 heteroatoms. The van der Waals surface area contributed by atoms with Gasteiger partial charge in [0.05, 0.1) is 12.3 Å². The SMILES string of the molecule is CN=C1C=CN([C@H](CS)OCCC[C@H](C)O)[C@@H](C)N1. The van der Waals surface area contributed by atoms with Gasteiger partial charge < -0.3 is 20.1 Å². The number of thiol groups is 1. The Bertz CT molecular complexity index is 321. The van der Waals surface area contributed by atoms with Crippen LogP contribution in [0.2, 0.25) is 0 Å². The Morgan fingerprint density at radius 2 is 2.37 bits per heavy atom. The van der Waals surface area contributed by atoms with Crippen molar-refractivity contribution in [3.63, 3.8) is 0 Å². The third-order valence-corrected chi connectivity index (χ3v) is 3.33. The molecule has 0 aliphatic carbocycles. The predicted octanol–water partition coefficient (Wildman–Crippen LogP) is 1.21. The third-order valence-electron chi connectivity index (χ3n) is 3.01. The van der Waals surface area contributed by atoms with E-state index in [9.17, 15) is 5.11 Å². The molecular weight excluding hydrogens is 262 g/mol. The minimum absolute atomic E-state index is 0.0745. The number of aliphatic hydroxyl groups is 1. The third kappa shape index (κ3) is 5.42. The number of aliphatic hydroxyl groups excluding tert-OH is 1. The quantitative estimate of drug-likeness (QED) is 0.487. The molecule has 0 amide bonds. The summed E-state index contributed by atoms with van der Waals surface area (Å²) < 4.78 is 5.83. The Kier molecular flexibility index (Phi) is 7.27. The lowest BCUT2D eigenvalue weighted by molar-refractivity contribution is -0.0422. The highest BCUT2D eigenvalue weighted by atomic mass is 32.1. The molecule has 3 atom stereocenters. The monoisotopic (exact) mass is 287 g/mol. The van der Waals surface area contributed by atoms with Gasteiger partial charge in [-0.1, -0.05) is 0 Å².